The number of hydrogen-bond donors (Lipinski definition) is 1. The van der Waals surface area contributed by atoms with Crippen molar-refractivity contribution in [1.29, 1.82) is 0 Å². The van der Waals surface area contributed by atoms with Crippen LogP contribution in [0.15, 0.2) is 23.4 Å². The smallest absolute Gasteiger partial charge is 0.230 e. The van der Waals surface area contributed by atoms with Gasteiger partial charge in [-0.2, -0.15) is 0 Å². The number of aromatic nitrogens is 1. The summed E-state index contributed by atoms with van der Waals surface area (Å²) in [5, 5.41) is 5.75. The Balaban J connectivity index is 2.65. The SMILES string of the molecule is [N-]=[N+]=NCC(=O)Nc1cccnc1Cl. The van der Waals surface area contributed by atoms with Crippen LogP contribution in [0.2, 0.25) is 5.15 Å². The maximum Gasteiger partial charge on any atom is 0.230 e. The number of hydrogen-bond acceptors (Lipinski definition) is 3. The number of pyridine rings is 1. The highest BCUT2D eigenvalue weighted by molar-refractivity contribution is 6.32. The van der Waals surface area contributed by atoms with Crippen LogP contribution in [-0.4, -0.2) is 17.4 Å². The molecule has 0 fully saturated rings. The molecule has 1 N–H and O–H groups in total. The Labute approximate surface area is 84.5 Å². The molecule has 1 amide bonds. The minimum atomic E-state index is -0.433. The van der Waals surface area contributed by atoms with Crippen molar-refractivity contribution in [2.24, 2.45) is 5.11 Å². The first kappa shape index (κ1) is 10.3. The van der Waals surface area contributed by atoms with E-state index in [1.54, 1.807) is 12.1 Å². The second kappa shape index (κ2) is 5.06. The Morgan fingerprint density at radius 3 is 3.21 bits per heavy atom. The van der Waals surface area contributed by atoms with E-state index in [2.05, 4.69) is 20.3 Å². The summed E-state index contributed by atoms with van der Waals surface area (Å²) in [4.78, 5) is 17.3. The average Bonchev–Trinajstić information content (AvgIpc) is 2.18. The fourth-order valence-electron chi connectivity index (χ4n) is 0.765. The van der Waals surface area contributed by atoms with Crippen LogP contribution < -0.4 is 5.32 Å². The number of halogens is 1. The molecular formula is C7H6ClN5O. The summed E-state index contributed by atoms with van der Waals surface area (Å²) in [7, 11) is 0. The third-order valence-corrected chi connectivity index (χ3v) is 1.61. The molecule has 0 radical (unpaired) electrons. The van der Waals surface area contributed by atoms with E-state index in [4.69, 9.17) is 17.1 Å². The highest BCUT2D eigenvalue weighted by Crippen LogP contribution is 2.16. The molecule has 0 aliphatic rings. The van der Waals surface area contributed by atoms with Crippen LogP contribution in [0.5, 0.6) is 0 Å². The minimum absolute atomic E-state index is 0.196. The number of nitrogens with one attached hydrogen (secondary N) is 1. The molecule has 0 spiro atoms. The van der Waals surface area contributed by atoms with Crippen molar-refractivity contribution in [3.05, 3.63) is 33.9 Å². The number of amides is 1. The third-order valence-electron chi connectivity index (χ3n) is 1.31. The number of azide groups is 1. The molecule has 0 aliphatic carbocycles. The Morgan fingerprint density at radius 1 is 1.79 bits per heavy atom. The second-order valence-electron chi connectivity index (χ2n) is 2.28. The fraction of sp³-hybridized carbons (Fsp3) is 0.143. The van der Waals surface area contributed by atoms with Crippen molar-refractivity contribution in [3.8, 4) is 0 Å². The summed E-state index contributed by atoms with van der Waals surface area (Å²) in [5.74, 6) is -0.433. The van der Waals surface area contributed by atoms with Gasteiger partial charge in [0.25, 0.3) is 0 Å². The monoisotopic (exact) mass is 211 g/mol. The van der Waals surface area contributed by atoms with Gasteiger partial charge in [0.05, 0.1) is 5.69 Å². The van der Waals surface area contributed by atoms with Gasteiger partial charge in [0, 0.05) is 11.1 Å². The zero-order valence-electron chi connectivity index (χ0n) is 7.01. The van der Waals surface area contributed by atoms with E-state index in [1.165, 1.54) is 6.20 Å². The van der Waals surface area contributed by atoms with Crippen LogP contribution in [0.1, 0.15) is 0 Å². The first-order chi connectivity index (χ1) is 6.74. The van der Waals surface area contributed by atoms with Crippen molar-refractivity contribution in [2.45, 2.75) is 0 Å². The second-order valence-corrected chi connectivity index (χ2v) is 2.64. The molecular weight excluding hydrogens is 206 g/mol. The van der Waals surface area contributed by atoms with Gasteiger partial charge in [-0.05, 0) is 17.7 Å². The number of nitrogens with zero attached hydrogens (tertiary/aromatic N) is 4. The van der Waals surface area contributed by atoms with E-state index in [1.807, 2.05) is 0 Å². The topological polar surface area (TPSA) is 90.8 Å². The normalized spacial score (nSPS) is 8.93. The molecule has 0 atom stereocenters. The quantitative estimate of drug-likeness (QED) is 0.358. The number of carbonyl (C=O) groups excluding carboxylic acids is 1. The summed E-state index contributed by atoms with van der Waals surface area (Å²) in [5.41, 5.74) is 8.37. The Hall–Kier alpha value is -1.78. The molecule has 0 aliphatic heterocycles. The first-order valence-corrected chi connectivity index (χ1v) is 4.03. The summed E-state index contributed by atoms with van der Waals surface area (Å²) >= 11 is 5.67. The lowest BCUT2D eigenvalue weighted by molar-refractivity contribution is -0.114. The lowest BCUT2D eigenvalue weighted by Gasteiger charge is -2.03. The number of rotatable bonds is 3. The van der Waals surface area contributed by atoms with E-state index in [0.717, 1.165) is 0 Å². The number of carbonyl (C=O) groups is 1. The van der Waals surface area contributed by atoms with Gasteiger partial charge >= 0.3 is 0 Å². The fourth-order valence-corrected chi connectivity index (χ4v) is 0.931. The molecule has 1 aromatic rings. The van der Waals surface area contributed by atoms with Crippen LogP contribution in [0.4, 0.5) is 5.69 Å². The van der Waals surface area contributed by atoms with Gasteiger partial charge in [-0.3, -0.25) is 4.79 Å². The van der Waals surface area contributed by atoms with Crippen molar-refractivity contribution < 1.29 is 4.79 Å². The van der Waals surface area contributed by atoms with Crippen molar-refractivity contribution in [3.63, 3.8) is 0 Å². The lowest BCUT2D eigenvalue weighted by Crippen LogP contribution is -2.14. The third kappa shape index (κ3) is 2.93. The summed E-state index contributed by atoms with van der Waals surface area (Å²) < 4.78 is 0. The van der Waals surface area contributed by atoms with Crippen LogP contribution >= 0.6 is 11.6 Å². The van der Waals surface area contributed by atoms with E-state index in [-0.39, 0.29) is 11.7 Å². The summed E-state index contributed by atoms with van der Waals surface area (Å²) in [6, 6.07) is 3.23. The maximum absolute atomic E-state index is 11.1. The van der Waals surface area contributed by atoms with Gasteiger partial charge in [-0.1, -0.05) is 16.7 Å². The van der Waals surface area contributed by atoms with E-state index in [0.29, 0.717) is 5.69 Å². The predicted octanol–water partition coefficient (Wildman–Crippen LogP) is 1.98. The molecule has 0 saturated heterocycles. The molecule has 72 valence electrons. The molecule has 1 aromatic heterocycles. The van der Waals surface area contributed by atoms with Gasteiger partial charge in [-0.15, -0.1) is 0 Å². The maximum atomic E-state index is 11.1. The highest BCUT2D eigenvalue weighted by atomic mass is 35.5. The van der Waals surface area contributed by atoms with Crippen LogP contribution in [0.3, 0.4) is 0 Å². The van der Waals surface area contributed by atoms with Crippen molar-refractivity contribution >= 4 is 23.2 Å². The first-order valence-electron chi connectivity index (χ1n) is 3.65. The van der Waals surface area contributed by atoms with Gasteiger partial charge in [0.15, 0.2) is 5.15 Å². The zero-order chi connectivity index (χ0) is 10.4. The molecule has 7 heteroatoms. The Bertz CT molecular complexity index is 387. The van der Waals surface area contributed by atoms with Gasteiger partial charge in [-0.25, -0.2) is 4.98 Å². The lowest BCUT2D eigenvalue weighted by atomic mass is 10.4. The predicted molar refractivity (Wildman–Crippen MR) is 51.9 cm³/mol. The van der Waals surface area contributed by atoms with Crippen LogP contribution in [-0.2, 0) is 4.79 Å². The molecule has 0 aromatic carbocycles. The van der Waals surface area contributed by atoms with Crippen molar-refractivity contribution in [2.75, 3.05) is 11.9 Å². The molecule has 0 unspecified atom stereocenters. The molecule has 1 heterocycles. The summed E-state index contributed by atoms with van der Waals surface area (Å²) in [6.07, 6.45) is 1.51. The zero-order valence-corrected chi connectivity index (χ0v) is 7.77. The molecule has 0 bridgehead atoms. The number of anilines is 1. The van der Waals surface area contributed by atoms with E-state index >= 15 is 0 Å². The van der Waals surface area contributed by atoms with Crippen LogP contribution in [0.25, 0.3) is 10.4 Å². The molecule has 0 saturated carbocycles. The van der Waals surface area contributed by atoms with Crippen molar-refractivity contribution in [1.82, 2.24) is 4.98 Å². The molecule has 14 heavy (non-hydrogen) atoms. The Morgan fingerprint density at radius 2 is 2.57 bits per heavy atom. The van der Waals surface area contributed by atoms with Gasteiger partial charge in [0.2, 0.25) is 5.91 Å². The molecule has 6 nitrogen and oxygen atoms in total. The molecule has 1 rings (SSSR count). The van der Waals surface area contributed by atoms with Gasteiger partial charge < -0.3 is 5.32 Å². The average molecular weight is 212 g/mol. The van der Waals surface area contributed by atoms with E-state index in [9.17, 15) is 4.79 Å². The standard InChI is InChI=1S/C7H6ClN5O/c8-7-5(2-1-3-10-7)12-6(14)4-11-13-9/h1-3H,4H2,(H,12,14). The highest BCUT2D eigenvalue weighted by Gasteiger charge is 2.03. The largest absolute Gasteiger partial charge is 0.323 e. The van der Waals surface area contributed by atoms with Crippen LogP contribution in [0, 0.1) is 0 Å². The van der Waals surface area contributed by atoms with Gasteiger partial charge in [0.1, 0.15) is 6.54 Å². The minimum Gasteiger partial charge on any atom is -0.323 e. The summed E-state index contributed by atoms with van der Waals surface area (Å²) in [6.45, 7) is -0.262. The van der Waals surface area contributed by atoms with E-state index < -0.39 is 5.91 Å². The Kier molecular flexibility index (Phi) is 3.72.